The average molecular weight is 215 g/mol. The van der Waals surface area contributed by atoms with Crippen molar-refractivity contribution in [1.82, 2.24) is 5.32 Å². The standard InChI is InChI=1S/C12H25NS/c1-9-6-5-7-10(2)12(9)13-11(3)8-14-4/h9-13H,5-8H2,1-4H3. The van der Waals surface area contributed by atoms with Crippen molar-refractivity contribution in [3.05, 3.63) is 0 Å². The fraction of sp³-hybridized carbons (Fsp3) is 1.00. The third-order valence-corrected chi connectivity index (χ3v) is 4.27. The first kappa shape index (κ1) is 12.4. The van der Waals surface area contributed by atoms with Crippen LogP contribution in [0.15, 0.2) is 0 Å². The quantitative estimate of drug-likeness (QED) is 0.773. The lowest BCUT2D eigenvalue weighted by Gasteiger charge is -2.37. The summed E-state index contributed by atoms with van der Waals surface area (Å²) in [5.41, 5.74) is 0. The molecule has 0 saturated heterocycles. The predicted molar refractivity (Wildman–Crippen MR) is 66.9 cm³/mol. The minimum Gasteiger partial charge on any atom is -0.310 e. The van der Waals surface area contributed by atoms with E-state index in [9.17, 15) is 0 Å². The van der Waals surface area contributed by atoms with Gasteiger partial charge < -0.3 is 5.32 Å². The van der Waals surface area contributed by atoms with Gasteiger partial charge in [0.2, 0.25) is 0 Å². The minimum atomic E-state index is 0.665. The molecule has 1 rings (SSSR count). The van der Waals surface area contributed by atoms with E-state index in [0.29, 0.717) is 6.04 Å². The van der Waals surface area contributed by atoms with E-state index in [2.05, 4.69) is 32.3 Å². The van der Waals surface area contributed by atoms with E-state index in [-0.39, 0.29) is 0 Å². The third kappa shape index (κ3) is 3.47. The third-order valence-electron chi connectivity index (χ3n) is 3.44. The number of rotatable bonds is 4. The second-order valence-corrected chi connectivity index (χ2v) is 5.84. The van der Waals surface area contributed by atoms with Gasteiger partial charge in [0, 0.05) is 17.8 Å². The van der Waals surface area contributed by atoms with Crippen molar-refractivity contribution in [2.75, 3.05) is 12.0 Å². The molecule has 0 aromatic rings. The van der Waals surface area contributed by atoms with Crippen LogP contribution in [-0.2, 0) is 0 Å². The summed E-state index contributed by atoms with van der Waals surface area (Å²) in [4.78, 5) is 0. The van der Waals surface area contributed by atoms with Gasteiger partial charge in [-0.15, -0.1) is 0 Å². The van der Waals surface area contributed by atoms with Crippen LogP contribution in [0.1, 0.15) is 40.0 Å². The molecule has 0 amide bonds. The molecule has 1 fully saturated rings. The monoisotopic (exact) mass is 215 g/mol. The van der Waals surface area contributed by atoms with Crippen molar-refractivity contribution in [2.24, 2.45) is 11.8 Å². The van der Waals surface area contributed by atoms with Gasteiger partial charge in [0.05, 0.1) is 0 Å². The Morgan fingerprint density at radius 1 is 1.29 bits per heavy atom. The summed E-state index contributed by atoms with van der Waals surface area (Å²) in [7, 11) is 0. The summed E-state index contributed by atoms with van der Waals surface area (Å²) in [6, 6.07) is 1.42. The van der Waals surface area contributed by atoms with E-state index >= 15 is 0 Å². The Bertz CT molecular complexity index is 150. The molecule has 0 heterocycles. The second kappa shape index (κ2) is 6.02. The molecule has 0 aromatic carbocycles. The first-order chi connectivity index (χ1) is 6.65. The number of nitrogens with one attached hydrogen (secondary N) is 1. The van der Waals surface area contributed by atoms with Crippen LogP contribution in [0.4, 0.5) is 0 Å². The molecule has 84 valence electrons. The van der Waals surface area contributed by atoms with Gasteiger partial charge in [0.1, 0.15) is 0 Å². The van der Waals surface area contributed by atoms with Gasteiger partial charge in [-0.05, 0) is 37.9 Å². The maximum absolute atomic E-state index is 3.80. The van der Waals surface area contributed by atoms with Crippen LogP contribution < -0.4 is 5.32 Å². The van der Waals surface area contributed by atoms with E-state index in [4.69, 9.17) is 0 Å². The zero-order valence-corrected chi connectivity index (χ0v) is 10.9. The number of thioether (sulfide) groups is 1. The summed E-state index contributed by atoms with van der Waals surface area (Å²) in [6.45, 7) is 7.11. The van der Waals surface area contributed by atoms with Crippen molar-refractivity contribution >= 4 is 11.8 Å². The van der Waals surface area contributed by atoms with Gasteiger partial charge >= 0.3 is 0 Å². The van der Waals surface area contributed by atoms with Gasteiger partial charge in [-0.3, -0.25) is 0 Å². The number of hydrogen-bond donors (Lipinski definition) is 1. The Morgan fingerprint density at radius 2 is 1.86 bits per heavy atom. The molecule has 0 aromatic heterocycles. The molecule has 3 unspecified atom stereocenters. The molecule has 0 spiro atoms. The highest BCUT2D eigenvalue weighted by atomic mass is 32.2. The van der Waals surface area contributed by atoms with Gasteiger partial charge in [-0.2, -0.15) is 11.8 Å². The van der Waals surface area contributed by atoms with Crippen molar-refractivity contribution in [3.8, 4) is 0 Å². The van der Waals surface area contributed by atoms with Gasteiger partial charge in [-0.1, -0.05) is 20.3 Å². The fourth-order valence-corrected chi connectivity index (χ4v) is 3.23. The molecule has 1 aliphatic rings. The van der Waals surface area contributed by atoms with Crippen molar-refractivity contribution in [3.63, 3.8) is 0 Å². The Morgan fingerprint density at radius 3 is 2.36 bits per heavy atom. The topological polar surface area (TPSA) is 12.0 Å². The molecular weight excluding hydrogens is 190 g/mol. The van der Waals surface area contributed by atoms with Crippen LogP contribution in [0.25, 0.3) is 0 Å². The van der Waals surface area contributed by atoms with Crippen LogP contribution in [0.2, 0.25) is 0 Å². The van der Waals surface area contributed by atoms with Gasteiger partial charge in [-0.25, -0.2) is 0 Å². The second-order valence-electron chi connectivity index (χ2n) is 4.93. The molecule has 2 heteroatoms. The van der Waals surface area contributed by atoms with Crippen molar-refractivity contribution in [1.29, 1.82) is 0 Å². The highest BCUT2D eigenvalue weighted by molar-refractivity contribution is 7.98. The Hall–Kier alpha value is 0.310. The summed E-state index contributed by atoms with van der Waals surface area (Å²) in [5.74, 6) is 2.96. The van der Waals surface area contributed by atoms with Crippen LogP contribution in [0.3, 0.4) is 0 Å². The highest BCUT2D eigenvalue weighted by Gasteiger charge is 2.28. The largest absolute Gasteiger partial charge is 0.310 e. The normalized spacial score (nSPS) is 35.6. The molecule has 0 bridgehead atoms. The molecule has 1 N–H and O–H groups in total. The van der Waals surface area contributed by atoms with E-state index in [1.54, 1.807) is 0 Å². The Kier molecular flexibility index (Phi) is 5.32. The summed E-state index contributed by atoms with van der Waals surface area (Å²) < 4.78 is 0. The maximum Gasteiger partial charge on any atom is 0.0132 e. The predicted octanol–water partition coefficient (Wildman–Crippen LogP) is 3.15. The molecule has 0 radical (unpaired) electrons. The molecule has 14 heavy (non-hydrogen) atoms. The van der Waals surface area contributed by atoms with Crippen LogP contribution in [0.5, 0.6) is 0 Å². The number of hydrogen-bond acceptors (Lipinski definition) is 2. The van der Waals surface area contributed by atoms with Crippen LogP contribution >= 0.6 is 11.8 Å². The fourth-order valence-electron chi connectivity index (χ4n) is 2.64. The van der Waals surface area contributed by atoms with E-state index in [1.807, 2.05) is 11.8 Å². The van der Waals surface area contributed by atoms with Crippen molar-refractivity contribution < 1.29 is 0 Å². The van der Waals surface area contributed by atoms with Gasteiger partial charge in [0.25, 0.3) is 0 Å². The average Bonchev–Trinajstić information content (AvgIpc) is 2.12. The summed E-state index contributed by atoms with van der Waals surface area (Å²) >= 11 is 1.94. The molecule has 1 aliphatic carbocycles. The Labute approximate surface area is 93.4 Å². The molecule has 3 atom stereocenters. The van der Waals surface area contributed by atoms with E-state index in [1.165, 1.54) is 25.0 Å². The van der Waals surface area contributed by atoms with Gasteiger partial charge in [0.15, 0.2) is 0 Å². The molecule has 1 nitrogen and oxygen atoms in total. The first-order valence-electron chi connectivity index (χ1n) is 5.90. The zero-order chi connectivity index (χ0) is 10.6. The maximum atomic E-state index is 3.80. The lowest BCUT2D eigenvalue weighted by atomic mass is 9.78. The van der Waals surface area contributed by atoms with Crippen molar-refractivity contribution in [2.45, 2.75) is 52.1 Å². The van der Waals surface area contributed by atoms with E-state index in [0.717, 1.165) is 17.9 Å². The zero-order valence-electron chi connectivity index (χ0n) is 10.0. The lowest BCUT2D eigenvalue weighted by Crippen LogP contribution is -2.47. The minimum absolute atomic E-state index is 0.665. The lowest BCUT2D eigenvalue weighted by molar-refractivity contribution is 0.199. The Balaban J connectivity index is 2.39. The van der Waals surface area contributed by atoms with E-state index < -0.39 is 0 Å². The molecule has 1 saturated carbocycles. The van der Waals surface area contributed by atoms with Crippen LogP contribution in [-0.4, -0.2) is 24.1 Å². The smallest absolute Gasteiger partial charge is 0.0132 e. The highest BCUT2D eigenvalue weighted by Crippen LogP contribution is 2.29. The first-order valence-corrected chi connectivity index (χ1v) is 7.29. The van der Waals surface area contributed by atoms with Crippen LogP contribution in [0, 0.1) is 11.8 Å². The summed E-state index contributed by atoms with van der Waals surface area (Å²) in [5, 5.41) is 3.80. The SMILES string of the molecule is CSCC(C)NC1C(C)CCCC1C. The molecular formula is C12H25NS. The molecule has 0 aliphatic heterocycles. The summed E-state index contributed by atoms with van der Waals surface area (Å²) in [6.07, 6.45) is 6.44.